The Morgan fingerprint density at radius 3 is 2.62 bits per heavy atom. The molecule has 0 aliphatic heterocycles. The van der Waals surface area contributed by atoms with Crippen LogP contribution in [0.15, 0.2) is 30.5 Å². The van der Waals surface area contributed by atoms with Crippen molar-refractivity contribution < 1.29 is 9.72 Å². The third-order valence-electron chi connectivity index (χ3n) is 2.87. The monoisotopic (exact) mass is 308 g/mol. The van der Waals surface area contributed by atoms with Crippen LogP contribution in [0.5, 0.6) is 0 Å². The van der Waals surface area contributed by atoms with Crippen LogP contribution in [0.4, 0.5) is 5.69 Å². The maximum Gasteiger partial charge on any atom is 0.269 e. The Morgan fingerprint density at radius 2 is 2.10 bits per heavy atom. The molecule has 1 N–H and O–H groups in total. The van der Waals surface area contributed by atoms with Crippen LogP contribution in [0.2, 0.25) is 5.02 Å². The predicted molar refractivity (Wildman–Crippen MR) is 77.2 cm³/mol. The van der Waals surface area contributed by atoms with Crippen LogP contribution in [0.1, 0.15) is 23.0 Å². The normalized spacial score (nSPS) is 10.4. The van der Waals surface area contributed by atoms with E-state index in [9.17, 15) is 14.9 Å². The molecule has 21 heavy (non-hydrogen) atoms. The minimum atomic E-state index is -0.515. The maximum atomic E-state index is 11.9. The van der Waals surface area contributed by atoms with E-state index in [0.717, 1.165) is 0 Å². The van der Waals surface area contributed by atoms with Crippen LogP contribution in [0, 0.1) is 10.1 Å². The quantitative estimate of drug-likeness (QED) is 0.678. The van der Waals surface area contributed by atoms with Crippen molar-refractivity contribution in [2.24, 2.45) is 0 Å². The first kappa shape index (κ1) is 15.0. The first-order chi connectivity index (χ1) is 10.0. The molecule has 1 aromatic carbocycles. The van der Waals surface area contributed by atoms with Gasteiger partial charge >= 0.3 is 0 Å². The molecule has 0 saturated heterocycles. The number of carbonyl (C=O) groups excluding carboxylic acids is 1. The van der Waals surface area contributed by atoms with Gasteiger partial charge < -0.3 is 5.32 Å². The first-order valence-corrected chi connectivity index (χ1v) is 6.63. The van der Waals surface area contributed by atoms with Crippen molar-refractivity contribution in [2.75, 3.05) is 0 Å². The number of nitro benzene ring substituents is 1. The van der Waals surface area contributed by atoms with Crippen molar-refractivity contribution >= 4 is 23.2 Å². The standard InChI is InChI=1S/C13H13ClN4O3/c1-2-17-8-11(14)12(16-17)7-15-13(19)9-3-5-10(6-4-9)18(20)21/h3-6,8H,2,7H2,1H3,(H,15,19). The highest BCUT2D eigenvalue weighted by Gasteiger charge is 2.11. The molecule has 7 nitrogen and oxygen atoms in total. The highest BCUT2D eigenvalue weighted by atomic mass is 35.5. The third-order valence-corrected chi connectivity index (χ3v) is 3.18. The van der Waals surface area contributed by atoms with Crippen molar-refractivity contribution in [1.29, 1.82) is 0 Å². The Morgan fingerprint density at radius 1 is 1.43 bits per heavy atom. The van der Waals surface area contributed by atoms with E-state index in [4.69, 9.17) is 11.6 Å². The summed E-state index contributed by atoms with van der Waals surface area (Å²) in [6, 6.07) is 5.38. The van der Waals surface area contributed by atoms with Gasteiger partial charge in [-0.2, -0.15) is 5.10 Å². The van der Waals surface area contributed by atoms with Crippen LogP contribution >= 0.6 is 11.6 Å². The van der Waals surface area contributed by atoms with Gasteiger partial charge in [-0.3, -0.25) is 19.6 Å². The summed E-state index contributed by atoms with van der Waals surface area (Å²) in [5.41, 5.74) is 0.858. The van der Waals surface area contributed by atoms with E-state index in [0.29, 0.717) is 22.8 Å². The van der Waals surface area contributed by atoms with E-state index >= 15 is 0 Å². The Kier molecular flexibility index (Phi) is 4.54. The predicted octanol–water partition coefficient (Wildman–Crippen LogP) is 2.39. The van der Waals surface area contributed by atoms with Crippen LogP contribution in [-0.4, -0.2) is 20.6 Å². The van der Waals surface area contributed by atoms with Gasteiger partial charge in [0.05, 0.1) is 16.5 Å². The molecule has 1 amide bonds. The maximum absolute atomic E-state index is 11.9. The van der Waals surface area contributed by atoms with E-state index in [2.05, 4.69) is 10.4 Å². The highest BCUT2D eigenvalue weighted by Crippen LogP contribution is 2.14. The van der Waals surface area contributed by atoms with Crippen molar-refractivity contribution in [3.05, 3.63) is 56.9 Å². The Labute approximate surface area is 125 Å². The second-order valence-corrected chi connectivity index (χ2v) is 4.67. The number of benzene rings is 1. The van der Waals surface area contributed by atoms with Crippen molar-refractivity contribution in [3.8, 4) is 0 Å². The van der Waals surface area contributed by atoms with Gasteiger partial charge in [0, 0.05) is 30.4 Å². The third kappa shape index (κ3) is 3.57. The number of nitro groups is 1. The lowest BCUT2D eigenvalue weighted by Gasteiger charge is -2.03. The molecule has 0 radical (unpaired) electrons. The van der Waals surface area contributed by atoms with Crippen molar-refractivity contribution in [1.82, 2.24) is 15.1 Å². The molecule has 1 heterocycles. The Balaban J connectivity index is 2.01. The van der Waals surface area contributed by atoms with E-state index in [1.54, 1.807) is 10.9 Å². The number of carbonyl (C=O) groups is 1. The minimum absolute atomic E-state index is 0.0590. The van der Waals surface area contributed by atoms with Crippen molar-refractivity contribution in [3.63, 3.8) is 0 Å². The van der Waals surface area contributed by atoms with Crippen molar-refractivity contribution in [2.45, 2.75) is 20.0 Å². The molecule has 0 aliphatic rings. The number of nitrogens with one attached hydrogen (secondary N) is 1. The number of non-ortho nitro benzene ring substituents is 1. The van der Waals surface area contributed by atoms with Crippen LogP contribution in [0.3, 0.4) is 0 Å². The van der Waals surface area contributed by atoms with E-state index in [1.807, 2.05) is 6.92 Å². The molecule has 0 unspecified atom stereocenters. The van der Waals surface area contributed by atoms with Crippen LogP contribution in [0.25, 0.3) is 0 Å². The van der Waals surface area contributed by atoms with Gasteiger partial charge in [-0.15, -0.1) is 0 Å². The van der Waals surface area contributed by atoms with Gasteiger partial charge in [0.1, 0.15) is 5.69 Å². The highest BCUT2D eigenvalue weighted by molar-refractivity contribution is 6.31. The molecule has 2 aromatic rings. The molecule has 110 valence electrons. The average Bonchev–Trinajstić information content (AvgIpc) is 2.85. The average molecular weight is 309 g/mol. The molecule has 0 fully saturated rings. The number of aromatic nitrogens is 2. The lowest BCUT2D eigenvalue weighted by Crippen LogP contribution is -2.23. The van der Waals surface area contributed by atoms with E-state index in [1.165, 1.54) is 24.3 Å². The van der Waals surface area contributed by atoms with Gasteiger partial charge in [-0.1, -0.05) is 11.6 Å². The van der Waals surface area contributed by atoms with Gasteiger partial charge in [0.2, 0.25) is 0 Å². The number of nitrogens with zero attached hydrogens (tertiary/aromatic N) is 3. The van der Waals surface area contributed by atoms with Gasteiger partial charge in [0.25, 0.3) is 11.6 Å². The summed E-state index contributed by atoms with van der Waals surface area (Å²) >= 11 is 6.00. The molecular weight excluding hydrogens is 296 g/mol. The van der Waals surface area contributed by atoms with Gasteiger partial charge in [-0.05, 0) is 19.1 Å². The number of hydrogen-bond acceptors (Lipinski definition) is 4. The fourth-order valence-electron chi connectivity index (χ4n) is 1.72. The molecular formula is C13H13ClN4O3. The zero-order valence-electron chi connectivity index (χ0n) is 11.2. The molecule has 0 aliphatic carbocycles. The topological polar surface area (TPSA) is 90.1 Å². The minimum Gasteiger partial charge on any atom is -0.346 e. The summed E-state index contributed by atoms with van der Waals surface area (Å²) in [7, 11) is 0. The lowest BCUT2D eigenvalue weighted by atomic mass is 10.2. The van der Waals surface area contributed by atoms with Gasteiger partial charge in [0.15, 0.2) is 0 Å². The van der Waals surface area contributed by atoms with Gasteiger partial charge in [-0.25, -0.2) is 0 Å². The zero-order chi connectivity index (χ0) is 15.4. The molecule has 8 heteroatoms. The molecule has 2 rings (SSSR count). The molecule has 0 atom stereocenters. The second-order valence-electron chi connectivity index (χ2n) is 4.27. The fraction of sp³-hybridized carbons (Fsp3) is 0.231. The number of hydrogen-bond donors (Lipinski definition) is 1. The summed E-state index contributed by atoms with van der Waals surface area (Å²) in [5.74, 6) is -0.341. The zero-order valence-corrected chi connectivity index (χ0v) is 12.0. The summed E-state index contributed by atoms with van der Waals surface area (Å²) in [6.45, 7) is 2.82. The Hall–Kier alpha value is -2.41. The SMILES string of the molecule is CCn1cc(Cl)c(CNC(=O)c2ccc([N+](=O)[O-])cc2)n1. The number of halogens is 1. The van der Waals surface area contributed by atoms with E-state index in [-0.39, 0.29) is 18.1 Å². The van der Waals surface area contributed by atoms with Crippen LogP contribution in [-0.2, 0) is 13.1 Å². The summed E-state index contributed by atoms with van der Waals surface area (Å²) in [5, 5.41) is 17.9. The first-order valence-electron chi connectivity index (χ1n) is 6.25. The molecule has 0 saturated carbocycles. The summed E-state index contributed by atoms with van der Waals surface area (Å²) in [6.07, 6.45) is 1.69. The number of rotatable bonds is 5. The fourth-order valence-corrected chi connectivity index (χ4v) is 1.94. The van der Waals surface area contributed by atoms with E-state index < -0.39 is 4.92 Å². The molecule has 0 spiro atoms. The summed E-state index contributed by atoms with van der Waals surface area (Å²) in [4.78, 5) is 22.0. The summed E-state index contributed by atoms with van der Waals surface area (Å²) < 4.78 is 1.68. The number of aryl methyl sites for hydroxylation is 1. The number of amides is 1. The molecule has 1 aromatic heterocycles. The van der Waals surface area contributed by atoms with Crippen LogP contribution < -0.4 is 5.32 Å². The largest absolute Gasteiger partial charge is 0.346 e. The Bertz CT molecular complexity index is 667. The molecule has 0 bridgehead atoms. The lowest BCUT2D eigenvalue weighted by molar-refractivity contribution is -0.384. The second kappa shape index (κ2) is 6.36. The smallest absolute Gasteiger partial charge is 0.269 e.